The highest BCUT2D eigenvalue weighted by molar-refractivity contribution is 5.81. The van der Waals surface area contributed by atoms with Gasteiger partial charge in [0, 0.05) is 19.4 Å². The molecule has 0 N–H and O–H groups in total. The third kappa shape index (κ3) is 3.67. The maximum atomic E-state index is 11.9. The van der Waals surface area contributed by atoms with Crippen molar-refractivity contribution in [2.45, 2.75) is 51.6 Å². The van der Waals surface area contributed by atoms with Crippen molar-refractivity contribution in [3.63, 3.8) is 0 Å². The molecule has 0 aliphatic carbocycles. The second-order valence-corrected chi connectivity index (χ2v) is 5.45. The van der Waals surface area contributed by atoms with Crippen LogP contribution in [-0.4, -0.2) is 18.5 Å². The quantitative estimate of drug-likeness (QED) is 0.795. The lowest BCUT2D eigenvalue weighted by molar-refractivity contribution is -0.120. The topological polar surface area (TPSA) is 26.3 Å². The van der Waals surface area contributed by atoms with Crippen molar-refractivity contribution in [3.8, 4) is 0 Å². The predicted octanol–water partition coefficient (Wildman–Crippen LogP) is 3.49. The Labute approximate surface area is 109 Å². The van der Waals surface area contributed by atoms with Gasteiger partial charge in [-0.15, -0.1) is 0 Å². The third-order valence-corrected chi connectivity index (χ3v) is 3.53. The summed E-state index contributed by atoms with van der Waals surface area (Å²) in [7, 11) is 0. The van der Waals surface area contributed by atoms with E-state index in [1.54, 1.807) is 0 Å². The van der Waals surface area contributed by atoms with Gasteiger partial charge < -0.3 is 4.74 Å². The molecule has 0 saturated carbocycles. The van der Waals surface area contributed by atoms with E-state index in [4.69, 9.17) is 4.74 Å². The van der Waals surface area contributed by atoms with Gasteiger partial charge in [0.2, 0.25) is 0 Å². The zero-order valence-corrected chi connectivity index (χ0v) is 11.3. The molecule has 1 aliphatic rings. The standard InChI is InChI=1S/C16H22O2/c1-12(2)14-7-5-13(6-8-14)10-15(17)11-16-4-3-9-18-16/h5-8,12,16H,3-4,9-11H2,1-2H3. The molecule has 0 amide bonds. The van der Waals surface area contributed by atoms with Gasteiger partial charge in [0.1, 0.15) is 5.78 Å². The van der Waals surface area contributed by atoms with Crippen LogP contribution in [0, 0.1) is 0 Å². The van der Waals surface area contributed by atoms with E-state index < -0.39 is 0 Å². The van der Waals surface area contributed by atoms with E-state index in [1.165, 1.54) is 5.56 Å². The van der Waals surface area contributed by atoms with Gasteiger partial charge in [-0.2, -0.15) is 0 Å². The van der Waals surface area contributed by atoms with Crippen LogP contribution in [0.5, 0.6) is 0 Å². The molecule has 1 aliphatic heterocycles. The van der Waals surface area contributed by atoms with Gasteiger partial charge in [-0.3, -0.25) is 4.79 Å². The van der Waals surface area contributed by atoms with Crippen molar-refractivity contribution in [2.75, 3.05) is 6.61 Å². The van der Waals surface area contributed by atoms with Crippen LogP contribution in [0.15, 0.2) is 24.3 Å². The monoisotopic (exact) mass is 246 g/mol. The van der Waals surface area contributed by atoms with Crippen LogP contribution in [0.2, 0.25) is 0 Å². The van der Waals surface area contributed by atoms with E-state index in [0.717, 1.165) is 25.0 Å². The zero-order chi connectivity index (χ0) is 13.0. The van der Waals surface area contributed by atoms with Gasteiger partial charge in [0.05, 0.1) is 6.10 Å². The first-order chi connectivity index (χ1) is 8.65. The number of ether oxygens (including phenoxy) is 1. The van der Waals surface area contributed by atoms with Crippen LogP contribution < -0.4 is 0 Å². The molecule has 1 heterocycles. The molecule has 0 spiro atoms. The van der Waals surface area contributed by atoms with Crippen molar-refractivity contribution in [1.82, 2.24) is 0 Å². The normalized spacial score (nSPS) is 19.4. The number of carbonyl (C=O) groups is 1. The summed E-state index contributed by atoms with van der Waals surface area (Å²) in [6.07, 6.45) is 3.43. The van der Waals surface area contributed by atoms with Gasteiger partial charge in [-0.05, 0) is 29.9 Å². The highest BCUT2D eigenvalue weighted by atomic mass is 16.5. The number of benzene rings is 1. The number of ketones is 1. The molecule has 98 valence electrons. The molecular weight excluding hydrogens is 224 g/mol. The summed E-state index contributed by atoms with van der Waals surface area (Å²) in [5, 5.41) is 0. The summed E-state index contributed by atoms with van der Waals surface area (Å²) in [4.78, 5) is 11.9. The fourth-order valence-electron chi connectivity index (χ4n) is 2.38. The number of carbonyl (C=O) groups excluding carboxylic acids is 1. The molecule has 0 bridgehead atoms. The van der Waals surface area contributed by atoms with Crippen LogP contribution in [0.3, 0.4) is 0 Å². The Hall–Kier alpha value is -1.15. The molecule has 18 heavy (non-hydrogen) atoms. The molecule has 1 aromatic carbocycles. The van der Waals surface area contributed by atoms with E-state index in [0.29, 0.717) is 24.5 Å². The lowest BCUT2D eigenvalue weighted by Gasteiger charge is -2.09. The molecular formula is C16H22O2. The molecule has 1 saturated heterocycles. The Balaban J connectivity index is 1.86. The van der Waals surface area contributed by atoms with E-state index in [9.17, 15) is 4.79 Å². The van der Waals surface area contributed by atoms with Crippen molar-refractivity contribution in [2.24, 2.45) is 0 Å². The van der Waals surface area contributed by atoms with Gasteiger partial charge in [0.25, 0.3) is 0 Å². The summed E-state index contributed by atoms with van der Waals surface area (Å²) in [5.74, 6) is 0.834. The summed E-state index contributed by atoms with van der Waals surface area (Å²) in [5.41, 5.74) is 2.44. The highest BCUT2D eigenvalue weighted by Crippen LogP contribution is 2.18. The van der Waals surface area contributed by atoms with E-state index in [2.05, 4.69) is 38.1 Å². The summed E-state index contributed by atoms with van der Waals surface area (Å²) >= 11 is 0. The number of Topliss-reactive ketones (excluding diaryl/α,β-unsaturated/α-hetero) is 1. The van der Waals surface area contributed by atoms with Gasteiger partial charge in [-0.25, -0.2) is 0 Å². The largest absolute Gasteiger partial charge is 0.378 e. The highest BCUT2D eigenvalue weighted by Gasteiger charge is 2.18. The van der Waals surface area contributed by atoms with Crippen LogP contribution in [0.1, 0.15) is 50.2 Å². The maximum Gasteiger partial charge on any atom is 0.139 e. The van der Waals surface area contributed by atoms with Gasteiger partial charge in [-0.1, -0.05) is 38.1 Å². The molecule has 1 unspecified atom stereocenters. The van der Waals surface area contributed by atoms with E-state index >= 15 is 0 Å². The molecule has 1 fully saturated rings. The fourth-order valence-corrected chi connectivity index (χ4v) is 2.38. The van der Waals surface area contributed by atoms with E-state index in [-0.39, 0.29) is 6.10 Å². The Kier molecular flexibility index (Phi) is 4.54. The first kappa shape index (κ1) is 13.3. The second kappa shape index (κ2) is 6.14. The first-order valence-electron chi connectivity index (χ1n) is 6.87. The molecule has 1 aromatic rings. The predicted molar refractivity (Wildman–Crippen MR) is 72.8 cm³/mol. The van der Waals surface area contributed by atoms with Crippen LogP contribution in [0.25, 0.3) is 0 Å². The second-order valence-electron chi connectivity index (χ2n) is 5.45. The smallest absolute Gasteiger partial charge is 0.139 e. The third-order valence-electron chi connectivity index (χ3n) is 3.53. The summed E-state index contributed by atoms with van der Waals surface area (Å²) < 4.78 is 5.49. The van der Waals surface area contributed by atoms with Crippen molar-refractivity contribution >= 4 is 5.78 Å². The molecule has 0 aromatic heterocycles. The Morgan fingerprint density at radius 2 is 2.06 bits per heavy atom. The van der Waals surface area contributed by atoms with Gasteiger partial charge >= 0.3 is 0 Å². The Morgan fingerprint density at radius 3 is 2.61 bits per heavy atom. The molecule has 2 nitrogen and oxygen atoms in total. The lowest BCUT2D eigenvalue weighted by Crippen LogP contribution is -2.14. The average Bonchev–Trinajstić information content (AvgIpc) is 2.82. The Morgan fingerprint density at radius 1 is 1.33 bits per heavy atom. The summed E-state index contributed by atoms with van der Waals surface area (Å²) in [6.45, 7) is 5.18. The summed E-state index contributed by atoms with van der Waals surface area (Å²) in [6, 6.07) is 8.39. The van der Waals surface area contributed by atoms with Crippen molar-refractivity contribution in [1.29, 1.82) is 0 Å². The van der Waals surface area contributed by atoms with Crippen molar-refractivity contribution < 1.29 is 9.53 Å². The number of rotatable bonds is 5. The van der Waals surface area contributed by atoms with Crippen LogP contribution in [-0.2, 0) is 16.0 Å². The average molecular weight is 246 g/mol. The van der Waals surface area contributed by atoms with Crippen molar-refractivity contribution in [3.05, 3.63) is 35.4 Å². The Bertz CT molecular complexity index is 386. The minimum atomic E-state index is 0.174. The first-order valence-corrected chi connectivity index (χ1v) is 6.87. The molecule has 2 rings (SSSR count). The van der Waals surface area contributed by atoms with E-state index in [1.807, 2.05) is 0 Å². The van der Waals surface area contributed by atoms with Crippen LogP contribution in [0.4, 0.5) is 0 Å². The minimum absolute atomic E-state index is 0.174. The maximum absolute atomic E-state index is 11.9. The molecule has 0 radical (unpaired) electrons. The number of hydrogen-bond donors (Lipinski definition) is 0. The molecule has 2 heteroatoms. The zero-order valence-electron chi connectivity index (χ0n) is 11.3. The van der Waals surface area contributed by atoms with Crippen LogP contribution >= 0.6 is 0 Å². The SMILES string of the molecule is CC(C)c1ccc(CC(=O)CC2CCCO2)cc1. The molecule has 1 atom stereocenters. The van der Waals surface area contributed by atoms with Gasteiger partial charge in [0.15, 0.2) is 0 Å². The number of hydrogen-bond acceptors (Lipinski definition) is 2. The minimum Gasteiger partial charge on any atom is -0.378 e. The lowest BCUT2D eigenvalue weighted by atomic mass is 9.98. The fraction of sp³-hybridized carbons (Fsp3) is 0.562.